The molecular formula is C26H29NO5S. The van der Waals surface area contributed by atoms with E-state index < -0.39 is 0 Å². The van der Waals surface area contributed by atoms with Crippen molar-refractivity contribution in [2.45, 2.75) is 27.2 Å². The minimum absolute atomic E-state index is 0.184. The highest BCUT2D eigenvalue weighted by Crippen LogP contribution is 2.37. The highest BCUT2D eigenvalue weighted by molar-refractivity contribution is 8.18. The molecule has 0 N–H and O–H groups in total. The summed E-state index contributed by atoms with van der Waals surface area (Å²) in [5.74, 6) is 1.67. The highest BCUT2D eigenvalue weighted by atomic mass is 32.2. The van der Waals surface area contributed by atoms with Crippen LogP contribution in [0, 0.1) is 13.8 Å². The molecule has 2 aromatic rings. The van der Waals surface area contributed by atoms with Gasteiger partial charge in [-0.2, -0.15) is 0 Å². The Balaban J connectivity index is 1.77. The molecule has 0 atom stereocenters. The van der Waals surface area contributed by atoms with Crippen molar-refractivity contribution in [3.63, 3.8) is 0 Å². The number of nitrogens with zero attached hydrogens (tertiary/aromatic N) is 1. The molecule has 2 aromatic carbocycles. The molecule has 1 heterocycles. The molecule has 1 fully saturated rings. The van der Waals surface area contributed by atoms with Crippen LogP contribution in [0.2, 0.25) is 0 Å². The van der Waals surface area contributed by atoms with Crippen LogP contribution in [0.4, 0.5) is 4.79 Å². The van der Waals surface area contributed by atoms with E-state index in [1.54, 1.807) is 19.3 Å². The fourth-order valence-corrected chi connectivity index (χ4v) is 4.39. The zero-order chi connectivity index (χ0) is 24.0. The lowest BCUT2D eigenvalue weighted by atomic mass is 10.0. The number of thioether (sulfide) groups is 1. The SMILES string of the molecule is C=CCc1cc(/C=C2\SC(=O)N(CCOc3cc(C)ccc3C)C2=O)cc(OCC)c1OC. The van der Waals surface area contributed by atoms with Crippen LogP contribution in [0.1, 0.15) is 29.2 Å². The van der Waals surface area contributed by atoms with Gasteiger partial charge in [0, 0.05) is 5.56 Å². The predicted molar refractivity (Wildman–Crippen MR) is 132 cm³/mol. The molecule has 1 saturated heterocycles. The van der Waals surface area contributed by atoms with E-state index in [0.717, 1.165) is 39.8 Å². The summed E-state index contributed by atoms with van der Waals surface area (Å²) in [5, 5.41) is -0.305. The van der Waals surface area contributed by atoms with E-state index in [9.17, 15) is 9.59 Å². The van der Waals surface area contributed by atoms with E-state index in [2.05, 4.69) is 6.58 Å². The van der Waals surface area contributed by atoms with Gasteiger partial charge in [-0.25, -0.2) is 0 Å². The van der Waals surface area contributed by atoms with Gasteiger partial charge < -0.3 is 14.2 Å². The Morgan fingerprint density at radius 2 is 1.88 bits per heavy atom. The van der Waals surface area contributed by atoms with Crippen LogP contribution in [0.3, 0.4) is 0 Å². The molecule has 33 heavy (non-hydrogen) atoms. The van der Waals surface area contributed by atoms with Gasteiger partial charge >= 0.3 is 0 Å². The Labute approximate surface area is 199 Å². The number of benzene rings is 2. The molecule has 0 aliphatic carbocycles. The monoisotopic (exact) mass is 467 g/mol. The Hall–Kier alpha value is -3.19. The van der Waals surface area contributed by atoms with Crippen molar-refractivity contribution in [3.05, 3.63) is 70.1 Å². The first-order chi connectivity index (χ1) is 15.9. The van der Waals surface area contributed by atoms with Crippen molar-refractivity contribution in [1.29, 1.82) is 0 Å². The molecule has 1 aliphatic heterocycles. The van der Waals surface area contributed by atoms with Gasteiger partial charge in [0.25, 0.3) is 11.1 Å². The summed E-state index contributed by atoms with van der Waals surface area (Å²) in [7, 11) is 1.59. The number of methoxy groups -OCH3 is 1. The summed E-state index contributed by atoms with van der Waals surface area (Å²) in [5.41, 5.74) is 3.75. The molecule has 2 amide bonds. The maximum atomic E-state index is 12.9. The third-order valence-electron chi connectivity index (χ3n) is 5.11. The summed E-state index contributed by atoms with van der Waals surface area (Å²) in [4.78, 5) is 27.0. The van der Waals surface area contributed by atoms with Crippen LogP contribution in [-0.4, -0.2) is 42.9 Å². The fraction of sp³-hybridized carbons (Fsp3) is 0.308. The first-order valence-electron chi connectivity index (χ1n) is 10.8. The number of allylic oxidation sites excluding steroid dienone is 1. The summed E-state index contributed by atoms with van der Waals surface area (Å²) in [6.07, 6.45) is 4.08. The number of carbonyl (C=O) groups is 2. The predicted octanol–water partition coefficient (Wildman–Crippen LogP) is 5.55. The Bertz CT molecular complexity index is 1090. The summed E-state index contributed by atoms with van der Waals surface area (Å²) in [6.45, 7) is 10.5. The summed E-state index contributed by atoms with van der Waals surface area (Å²) < 4.78 is 17.1. The number of carbonyl (C=O) groups excluding carboxylic acids is 2. The number of rotatable bonds is 10. The highest BCUT2D eigenvalue weighted by Gasteiger charge is 2.35. The van der Waals surface area contributed by atoms with Crippen LogP contribution >= 0.6 is 11.8 Å². The standard InChI is InChI=1S/C26H29NO5S/c1-6-8-20-14-19(15-22(31-7-2)24(20)30-5)16-23-25(28)27(26(29)33-23)11-12-32-21-13-17(3)9-10-18(21)4/h6,9-10,13-16H,1,7-8,11-12H2,2-5H3/b23-16-. The molecule has 1 aliphatic rings. The van der Waals surface area contributed by atoms with E-state index in [1.807, 2.05) is 51.1 Å². The second kappa shape index (κ2) is 11.1. The molecule has 6 nitrogen and oxygen atoms in total. The lowest BCUT2D eigenvalue weighted by Crippen LogP contribution is -2.32. The van der Waals surface area contributed by atoms with E-state index in [4.69, 9.17) is 14.2 Å². The summed E-state index contributed by atoms with van der Waals surface area (Å²) >= 11 is 0.928. The van der Waals surface area contributed by atoms with Crippen LogP contribution in [0.5, 0.6) is 17.2 Å². The second-order valence-corrected chi connectivity index (χ2v) is 8.58. The van der Waals surface area contributed by atoms with Crippen LogP contribution in [0.25, 0.3) is 6.08 Å². The molecule has 0 bridgehead atoms. The number of amides is 2. The Morgan fingerprint density at radius 3 is 2.58 bits per heavy atom. The van der Waals surface area contributed by atoms with E-state index in [0.29, 0.717) is 29.4 Å². The zero-order valence-corrected chi connectivity index (χ0v) is 20.3. The molecule has 0 spiro atoms. The van der Waals surface area contributed by atoms with Crippen molar-refractivity contribution >= 4 is 29.0 Å². The number of imide groups is 1. The topological polar surface area (TPSA) is 65.1 Å². The van der Waals surface area contributed by atoms with Gasteiger partial charge in [0.1, 0.15) is 12.4 Å². The van der Waals surface area contributed by atoms with Gasteiger partial charge in [0.05, 0.1) is 25.2 Å². The minimum Gasteiger partial charge on any atom is -0.493 e. The zero-order valence-electron chi connectivity index (χ0n) is 19.5. The van der Waals surface area contributed by atoms with Crippen LogP contribution < -0.4 is 14.2 Å². The number of hydrogen-bond donors (Lipinski definition) is 0. The van der Waals surface area contributed by atoms with Crippen LogP contribution in [-0.2, 0) is 11.2 Å². The molecule has 0 unspecified atom stereocenters. The van der Waals surface area contributed by atoms with Crippen molar-refractivity contribution in [2.75, 3.05) is 26.9 Å². The Kier molecular flexibility index (Phi) is 8.22. The van der Waals surface area contributed by atoms with Gasteiger partial charge in [0.15, 0.2) is 11.5 Å². The van der Waals surface area contributed by atoms with E-state index in [-0.39, 0.29) is 24.3 Å². The Morgan fingerprint density at radius 1 is 1.09 bits per heavy atom. The number of hydrogen-bond acceptors (Lipinski definition) is 6. The third kappa shape index (κ3) is 5.79. The second-order valence-electron chi connectivity index (χ2n) is 7.59. The summed E-state index contributed by atoms with van der Waals surface area (Å²) in [6, 6.07) is 9.68. The first-order valence-corrected chi connectivity index (χ1v) is 11.6. The molecule has 0 radical (unpaired) electrons. The average Bonchev–Trinajstić information content (AvgIpc) is 3.04. The maximum Gasteiger partial charge on any atom is 0.293 e. The normalized spacial score (nSPS) is 14.7. The van der Waals surface area contributed by atoms with E-state index >= 15 is 0 Å². The average molecular weight is 468 g/mol. The molecule has 0 aromatic heterocycles. The number of ether oxygens (including phenoxy) is 3. The quantitative estimate of drug-likeness (QED) is 0.337. The molecule has 0 saturated carbocycles. The molecule has 3 rings (SSSR count). The van der Waals surface area contributed by atoms with Gasteiger partial charge in [-0.05, 0) is 79.9 Å². The van der Waals surface area contributed by atoms with Gasteiger partial charge in [-0.15, -0.1) is 6.58 Å². The largest absolute Gasteiger partial charge is 0.493 e. The van der Waals surface area contributed by atoms with Crippen molar-refractivity contribution < 1.29 is 23.8 Å². The first kappa shape index (κ1) is 24.5. The maximum absolute atomic E-state index is 12.9. The van der Waals surface area contributed by atoms with Gasteiger partial charge in [-0.3, -0.25) is 14.5 Å². The molecule has 7 heteroatoms. The molecule has 174 valence electrons. The van der Waals surface area contributed by atoms with Gasteiger partial charge in [0.2, 0.25) is 0 Å². The number of aryl methyl sites for hydroxylation is 2. The van der Waals surface area contributed by atoms with Crippen molar-refractivity contribution in [1.82, 2.24) is 4.90 Å². The van der Waals surface area contributed by atoms with Gasteiger partial charge in [-0.1, -0.05) is 18.2 Å². The van der Waals surface area contributed by atoms with Crippen LogP contribution in [0.15, 0.2) is 47.9 Å². The molecular weight excluding hydrogens is 438 g/mol. The lowest BCUT2D eigenvalue weighted by molar-refractivity contribution is -0.123. The van der Waals surface area contributed by atoms with Crippen molar-refractivity contribution in [3.8, 4) is 17.2 Å². The smallest absolute Gasteiger partial charge is 0.293 e. The van der Waals surface area contributed by atoms with E-state index in [1.165, 1.54) is 4.90 Å². The third-order valence-corrected chi connectivity index (χ3v) is 6.02. The fourth-order valence-electron chi connectivity index (χ4n) is 3.52. The lowest BCUT2D eigenvalue weighted by Gasteiger charge is -2.15. The van der Waals surface area contributed by atoms with Crippen molar-refractivity contribution in [2.24, 2.45) is 0 Å². The minimum atomic E-state index is -0.325.